The fourth-order valence-electron chi connectivity index (χ4n) is 8.05. The Morgan fingerprint density at radius 2 is 0.733 bits per heavy atom. The quantitative estimate of drug-likeness (QED) is 0.0679. The van der Waals surface area contributed by atoms with Crippen LogP contribution in [0.5, 0.6) is 0 Å². The zero-order chi connectivity index (χ0) is 52.7. The van der Waals surface area contributed by atoms with Gasteiger partial charge in [0.25, 0.3) is 0 Å². The first kappa shape index (κ1) is 53.2. The summed E-state index contributed by atoms with van der Waals surface area (Å²) >= 11 is 0. The molecule has 2 fully saturated rings. The molecule has 6 aromatic carbocycles. The van der Waals surface area contributed by atoms with Crippen LogP contribution < -0.4 is 0 Å². The summed E-state index contributed by atoms with van der Waals surface area (Å²) in [5.74, 6) is -5.19. The van der Waals surface area contributed by atoms with Crippen molar-refractivity contribution in [3.05, 3.63) is 215 Å². The lowest BCUT2D eigenvalue weighted by Gasteiger charge is -2.45. The second kappa shape index (κ2) is 25.7. The SMILES string of the molecule is CC1O[C@@H](OCC2O[C@@H](OCC(O)COC(=O)c3ccccc3)C(OC(=O)c3ccccc3)C(OC(=O)c3ccccc3)[C@H]2O)C(OC(=O)c2ccccc2)C(OC(=O)c2ccccc2)[C@H]1OC(=O)c1ccccc1. The van der Waals surface area contributed by atoms with Crippen molar-refractivity contribution in [3.63, 3.8) is 0 Å². The van der Waals surface area contributed by atoms with Gasteiger partial charge in [-0.05, 0) is 79.7 Å². The molecule has 2 heterocycles. The van der Waals surface area contributed by atoms with Gasteiger partial charge in [0.2, 0.25) is 0 Å². The molecule has 0 amide bonds. The van der Waals surface area contributed by atoms with Crippen molar-refractivity contribution < 1.29 is 86.3 Å². The number of rotatable bonds is 19. The van der Waals surface area contributed by atoms with Gasteiger partial charge in [-0.25, -0.2) is 28.8 Å². The van der Waals surface area contributed by atoms with Gasteiger partial charge in [0.05, 0.1) is 52.7 Å². The minimum Gasteiger partial charge on any atom is -0.459 e. The minimum absolute atomic E-state index is 0.0662. The maximum atomic E-state index is 14.0. The van der Waals surface area contributed by atoms with E-state index in [1.165, 1.54) is 79.7 Å². The fourth-order valence-corrected chi connectivity index (χ4v) is 8.05. The Kier molecular flexibility index (Phi) is 18.2. The van der Waals surface area contributed by atoms with Crippen LogP contribution >= 0.6 is 0 Å². The number of carbonyl (C=O) groups is 6. The second-order valence-corrected chi connectivity index (χ2v) is 17.2. The molecule has 2 N–H and O–H groups in total. The van der Waals surface area contributed by atoms with Crippen LogP contribution in [0, 0.1) is 0 Å². The van der Waals surface area contributed by atoms with E-state index >= 15 is 0 Å². The lowest BCUT2D eigenvalue weighted by atomic mass is 9.97. The molecule has 0 bridgehead atoms. The molecule has 75 heavy (non-hydrogen) atoms. The van der Waals surface area contributed by atoms with Crippen LogP contribution in [0.3, 0.4) is 0 Å². The Morgan fingerprint density at radius 3 is 1.13 bits per heavy atom. The highest BCUT2D eigenvalue weighted by atomic mass is 16.8. The monoisotopic (exact) mass is 1020 g/mol. The molecule has 388 valence electrons. The molecule has 6 aromatic rings. The number of esters is 6. The number of aliphatic hydroxyl groups excluding tert-OH is 2. The summed E-state index contributed by atoms with van der Waals surface area (Å²) < 4.78 is 60.3. The van der Waals surface area contributed by atoms with Crippen molar-refractivity contribution in [3.8, 4) is 0 Å². The van der Waals surface area contributed by atoms with Crippen molar-refractivity contribution in [2.75, 3.05) is 19.8 Å². The molecular formula is C57H52O18. The highest BCUT2D eigenvalue weighted by Gasteiger charge is 2.54. The molecular weight excluding hydrogens is 973 g/mol. The van der Waals surface area contributed by atoms with Crippen molar-refractivity contribution in [1.29, 1.82) is 0 Å². The smallest absolute Gasteiger partial charge is 0.338 e. The molecule has 7 unspecified atom stereocenters. The van der Waals surface area contributed by atoms with Crippen LogP contribution in [0.2, 0.25) is 0 Å². The predicted octanol–water partition coefficient (Wildman–Crippen LogP) is 6.20. The maximum Gasteiger partial charge on any atom is 0.338 e. The Hall–Kier alpha value is -8.10. The third-order valence-electron chi connectivity index (χ3n) is 11.9. The van der Waals surface area contributed by atoms with Crippen molar-refractivity contribution in [2.45, 2.75) is 74.4 Å². The van der Waals surface area contributed by atoms with E-state index < -0.39 is 123 Å². The molecule has 2 aliphatic heterocycles. The standard InChI is InChI=1S/C57H52O18/c1-35-45(71-51(61)37-22-10-3-11-23-37)47(73-53(63)39-26-14-5-15-27-39)49(75-55(65)41-30-18-7-19-31-41)56(69-35)68-34-43-44(59)46(72-52(62)38-24-12-4-13-25-38)48(74-54(64)40-28-16-6-17-29-40)57(70-43)67-33-42(58)32-66-50(60)36-20-8-2-9-21-36/h2-31,35,42-49,56-59H,32-34H2,1H3/t35?,42?,43?,44-,45-,46?,47?,48?,49?,56+,57+/m0/s1. The number of carbonyl (C=O) groups excluding carboxylic acids is 6. The number of ether oxygens (including phenoxy) is 10. The van der Waals surface area contributed by atoms with Gasteiger partial charge in [0, 0.05) is 0 Å². The number of aliphatic hydroxyl groups is 2. The van der Waals surface area contributed by atoms with E-state index in [2.05, 4.69) is 0 Å². The van der Waals surface area contributed by atoms with Crippen LogP contribution in [0.25, 0.3) is 0 Å². The maximum absolute atomic E-state index is 14.0. The summed E-state index contributed by atoms with van der Waals surface area (Å²) in [7, 11) is 0. The molecule has 2 saturated heterocycles. The van der Waals surface area contributed by atoms with Gasteiger partial charge in [0.1, 0.15) is 24.9 Å². The summed E-state index contributed by atoms with van der Waals surface area (Å²) in [6.07, 6.45) is -17.8. The lowest BCUT2D eigenvalue weighted by molar-refractivity contribution is -0.327. The molecule has 2 aliphatic rings. The summed E-state index contributed by atoms with van der Waals surface area (Å²) in [6.45, 7) is -0.343. The zero-order valence-corrected chi connectivity index (χ0v) is 40.2. The van der Waals surface area contributed by atoms with Crippen LogP contribution in [0.1, 0.15) is 69.1 Å². The van der Waals surface area contributed by atoms with Crippen molar-refractivity contribution in [2.24, 2.45) is 0 Å². The van der Waals surface area contributed by atoms with Gasteiger partial charge in [-0.1, -0.05) is 109 Å². The molecule has 0 aromatic heterocycles. The van der Waals surface area contributed by atoms with Gasteiger partial charge in [-0.15, -0.1) is 0 Å². The second-order valence-electron chi connectivity index (χ2n) is 17.2. The highest BCUT2D eigenvalue weighted by Crippen LogP contribution is 2.34. The van der Waals surface area contributed by atoms with E-state index in [0.29, 0.717) is 0 Å². The van der Waals surface area contributed by atoms with Gasteiger partial charge in [-0.2, -0.15) is 0 Å². The van der Waals surface area contributed by atoms with Gasteiger partial charge >= 0.3 is 35.8 Å². The summed E-state index contributed by atoms with van der Waals surface area (Å²) in [5, 5.41) is 23.3. The molecule has 8 rings (SSSR count). The molecule has 0 saturated carbocycles. The first-order chi connectivity index (χ1) is 36.4. The predicted molar refractivity (Wildman–Crippen MR) is 262 cm³/mol. The Labute approximate surface area is 430 Å². The Balaban J connectivity index is 1.11. The summed E-state index contributed by atoms with van der Waals surface area (Å²) in [5.41, 5.74) is 0.724. The number of hydrogen-bond acceptors (Lipinski definition) is 18. The van der Waals surface area contributed by atoms with Crippen LogP contribution in [-0.4, -0.2) is 133 Å². The molecule has 0 aliphatic carbocycles. The molecule has 18 nitrogen and oxygen atoms in total. The van der Waals surface area contributed by atoms with Gasteiger partial charge in [-0.3, -0.25) is 0 Å². The third-order valence-corrected chi connectivity index (χ3v) is 11.9. The molecule has 0 spiro atoms. The van der Waals surface area contributed by atoms with Crippen LogP contribution in [-0.2, 0) is 47.4 Å². The molecule has 18 heteroatoms. The summed E-state index contributed by atoms with van der Waals surface area (Å²) in [4.78, 5) is 81.8. The van der Waals surface area contributed by atoms with Gasteiger partial charge in [0.15, 0.2) is 43.1 Å². The van der Waals surface area contributed by atoms with E-state index in [1.807, 2.05) is 0 Å². The molecule has 0 radical (unpaired) electrons. The Morgan fingerprint density at radius 1 is 0.413 bits per heavy atom. The van der Waals surface area contributed by atoms with E-state index in [0.717, 1.165) is 0 Å². The van der Waals surface area contributed by atoms with Crippen molar-refractivity contribution >= 4 is 35.8 Å². The molecule has 11 atom stereocenters. The topological polar surface area (TPSA) is 235 Å². The normalized spacial score (nSPS) is 23.6. The Bertz CT molecular complexity index is 2820. The average Bonchev–Trinajstić information content (AvgIpc) is 3.45. The average molecular weight is 1030 g/mol. The first-order valence-electron chi connectivity index (χ1n) is 23.9. The van der Waals surface area contributed by atoms with Crippen molar-refractivity contribution in [1.82, 2.24) is 0 Å². The zero-order valence-electron chi connectivity index (χ0n) is 40.2. The van der Waals surface area contributed by atoms with Crippen LogP contribution in [0.15, 0.2) is 182 Å². The van der Waals surface area contributed by atoms with E-state index in [1.54, 1.807) is 109 Å². The minimum atomic E-state index is -1.89. The third kappa shape index (κ3) is 13.9. The number of hydrogen-bond donors (Lipinski definition) is 2. The van der Waals surface area contributed by atoms with E-state index in [-0.39, 0.29) is 33.4 Å². The lowest BCUT2D eigenvalue weighted by Crippen LogP contribution is -2.64. The highest BCUT2D eigenvalue weighted by molar-refractivity contribution is 5.92. The first-order valence-corrected chi connectivity index (χ1v) is 23.9. The van der Waals surface area contributed by atoms with Crippen LogP contribution in [0.4, 0.5) is 0 Å². The number of benzene rings is 6. The summed E-state index contributed by atoms with van der Waals surface area (Å²) in [6, 6.07) is 47.4. The van der Waals surface area contributed by atoms with E-state index in [4.69, 9.17) is 47.4 Å². The largest absolute Gasteiger partial charge is 0.459 e. The fraction of sp³-hybridized carbons (Fsp3) is 0.263. The van der Waals surface area contributed by atoms with Gasteiger partial charge < -0.3 is 57.6 Å². The van der Waals surface area contributed by atoms with E-state index in [9.17, 15) is 39.0 Å².